The molecule has 0 atom stereocenters. The van der Waals surface area contributed by atoms with Gasteiger partial charge in [0.25, 0.3) is 0 Å². The molecule has 0 amide bonds. The van der Waals surface area contributed by atoms with Crippen molar-refractivity contribution in [3.8, 4) is 0 Å². The van der Waals surface area contributed by atoms with Gasteiger partial charge in [-0.1, -0.05) is 20.8 Å². The van der Waals surface area contributed by atoms with Gasteiger partial charge in [-0.25, -0.2) is 4.98 Å². The highest BCUT2D eigenvalue weighted by Crippen LogP contribution is 2.29. The highest BCUT2D eigenvalue weighted by Gasteiger charge is 2.17. The Morgan fingerprint density at radius 3 is 2.62 bits per heavy atom. The molecule has 16 heavy (non-hydrogen) atoms. The summed E-state index contributed by atoms with van der Waals surface area (Å²) in [6.07, 6.45) is 0.854. The SMILES string of the molecule is Cc1cc(Br)c2oc(CC(C)(C)C)nc2c1. The smallest absolute Gasteiger partial charge is 0.196 e. The third kappa shape index (κ3) is 2.46. The monoisotopic (exact) mass is 281 g/mol. The summed E-state index contributed by atoms with van der Waals surface area (Å²) >= 11 is 3.51. The molecule has 0 aliphatic heterocycles. The summed E-state index contributed by atoms with van der Waals surface area (Å²) in [6.45, 7) is 8.61. The standard InChI is InChI=1S/C13H16BrNO/c1-8-5-9(14)12-10(6-8)15-11(16-12)7-13(2,3)4/h5-6H,7H2,1-4H3. The molecule has 1 aromatic heterocycles. The number of hydrogen-bond donors (Lipinski definition) is 0. The average molecular weight is 282 g/mol. The first-order valence-corrected chi connectivity index (χ1v) is 6.20. The Bertz CT molecular complexity index is 522. The lowest BCUT2D eigenvalue weighted by Crippen LogP contribution is -2.09. The van der Waals surface area contributed by atoms with Crippen LogP contribution < -0.4 is 0 Å². The minimum Gasteiger partial charge on any atom is -0.439 e. The number of rotatable bonds is 1. The topological polar surface area (TPSA) is 26.0 Å². The first-order chi connectivity index (χ1) is 7.35. The molecule has 0 saturated carbocycles. The summed E-state index contributed by atoms with van der Waals surface area (Å²) in [5, 5.41) is 0. The maximum atomic E-state index is 5.77. The molecule has 3 heteroatoms. The second-order valence-electron chi connectivity index (χ2n) is 5.44. The summed E-state index contributed by atoms with van der Waals surface area (Å²) < 4.78 is 6.75. The van der Waals surface area contributed by atoms with Crippen LogP contribution in [0.3, 0.4) is 0 Å². The third-order valence-electron chi connectivity index (χ3n) is 2.31. The Hall–Kier alpha value is -0.830. The lowest BCUT2D eigenvalue weighted by molar-refractivity contribution is 0.361. The summed E-state index contributed by atoms with van der Waals surface area (Å²) in [6, 6.07) is 4.10. The molecular weight excluding hydrogens is 266 g/mol. The highest BCUT2D eigenvalue weighted by atomic mass is 79.9. The quantitative estimate of drug-likeness (QED) is 0.770. The summed E-state index contributed by atoms with van der Waals surface area (Å²) in [7, 11) is 0. The molecular formula is C13H16BrNO. The minimum absolute atomic E-state index is 0.197. The van der Waals surface area contributed by atoms with Crippen LogP contribution in [0.25, 0.3) is 11.1 Å². The van der Waals surface area contributed by atoms with Gasteiger partial charge in [0.05, 0.1) is 4.47 Å². The van der Waals surface area contributed by atoms with Gasteiger partial charge in [-0.05, 0) is 46.0 Å². The molecule has 2 nitrogen and oxygen atoms in total. The van der Waals surface area contributed by atoms with Crippen LogP contribution in [0.4, 0.5) is 0 Å². The first kappa shape index (κ1) is 11.6. The zero-order valence-electron chi connectivity index (χ0n) is 10.1. The van der Waals surface area contributed by atoms with Crippen molar-refractivity contribution < 1.29 is 4.42 Å². The van der Waals surface area contributed by atoms with Crippen LogP contribution in [-0.2, 0) is 6.42 Å². The van der Waals surface area contributed by atoms with Crippen LogP contribution in [0.2, 0.25) is 0 Å². The molecule has 2 aromatic rings. The molecule has 0 saturated heterocycles. The largest absolute Gasteiger partial charge is 0.439 e. The predicted molar refractivity (Wildman–Crippen MR) is 69.6 cm³/mol. The Kier molecular flexibility index (Phi) is 2.82. The Morgan fingerprint density at radius 1 is 1.31 bits per heavy atom. The van der Waals surface area contributed by atoms with Gasteiger partial charge >= 0.3 is 0 Å². The zero-order chi connectivity index (χ0) is 11.9. The van der Waals surface area contributed by atoms with Crippen molar-refractivity contribution in [2.75, 3.05) is 0 Å². The Balaban J connectivity index is 2.48. The van der Waals surface area contributed by atoms with E-state index in [0.717, 1.165) is 27.9 Å². The molecule has 0 unspecified atom stereocenters. The van der Waals surface area contributed by atoms with Crippen molar-refractivity contribution in [1.29, 1.82) is 0 Å². The minimum atomic E-state index is 0.197. The van der Waals surface area contributed by atoms with Crippen molar-refractivity contribution >= 4 is 27.0 Å². The van der Waals surface area contributed by atoms with E-state index in [1.165, 1.54) is 5.56 Å². The fraction of sp³-hybridized carbons (Fsp3) is 0.462. The first-order valence-electron chi connectivity index (χ1n) is 5.41. The number of hydrogen-bond acceptors (Lipinski definition) is 2. The van der Waals surface area contributed by atoms with E-state index in [9.17, 15) is 0 Å². The van der Waals surface area contributed by atoms with E-state index in [4.69, 9.17) is 4.42 Å². The van der Waals surface area contributed by atoms with Crippen molar-refractivity contribution in [3.05, 3.63) is 28.1 Å². The fourth-order valence-corrected chi connectivity index (χ4v) is 2.34. The van der Waals surface area contributed by atoms with Gasteiger partial charge < -0.3 is 4.42 Å². The molecule has 0 radical (unpaired) electrons. The van der Waals surface area contributed by atoms with Gasteiger partial charge in [-0.15, -0.1) is 0 Å². The number of aromatic nitrogens is 1. The second-order valence-corrected chi connectivity index (χ2v) is 6.29. The van der Waals surface area contributed by atoms with E-state index in [1.807, 2.05) is 6.07 Å². The lowest BCUT2D eigenvalue weighted by Gasteiger charge is -2.14. The van der Waals surface area contributed by atoms with E-state index in [2.05, 4.69) is 54.7 Å². The van der Waals surface area contributed by atoms with Gasteiger partial charge in [-0.3, -0.25) is 0 Å². The van der Waals surface area contributed by atoms with Gasteiger partial charge in [0.1, 0.15) is 5.52 Å². The number of aryl methyl sites for hydroxylation is 1. The molecule has 2 rings (SSSR count). The molecule has 0 bridgehead atoms. The molecule has 0 aliphatic rings. The van der Waals surface area contributed by atoms with Crippen molar-refractivity contribution in [1.82, 2.24) is 4.98 Å². The molecule has 86 valence electrons. The summed E-state index contributed by atoms with van der Waals surface area (Å²) in [5.41, 5.74) is 3.17. The van der Waals surface area contributed by atoms with E-state index in [1.54, 1.807) is 0 Å². The van der Waals surface area contributed by atoms with Crippen LogP contribution >= 0.6 is 15.9 Å². The van der Waals surface area contributed by atoms with Crippen molar-refractivity contribution in [2.45, 2.75) is 34.1 Å². The van der Waals surface area contributed by atoms with E-state index < -0.39 is 0 Å². The Labute approximate surface area is 104 Å². The van der Waals surface area contributed by atoms with E-state index in [0.29, 0.717) is 0 Å². The predicted octanol–water partition coefficient (Wildman–Crippen LogP) is 4.49. The Morgan fingerprint density at radius 2 is 2.00 bits per heavy atom. The van der Waals surface area contributed by atoms with Gasteiger partial charge in [0.2, 0.25) is 0 Å². The van der Waals surface area contributed by atoms with Crippen molar-refractivity contribution in [2.24, 2.45) is 5.41 Å². The van der Waals surface area contributed by atoms with Crippen molar-refractivity contribution in [3.63, 3.8) is 0 Å². The maximum Gasteiger partial charge on any atom is 0.196 e. The molecule has 0 N–H and O–H groups in total. The summed E-state index contributed by atoms with van der Waals surface area (Å²) in [5.74, 6) is 0.814. The molecule has 0 fully saturated rings. The van der Waals surface area contributed by atoms with Gasteiger partial charge in [-0.2, -0.15) is 0 Å². The lowest BCUT2D eigenvalue weighted by atomic mass is 9.92. The maximum absolute atomic E-state index is 5.77. The number of nitrogens with zero attached hydrogens (tertiary/aromatic N) is 1. The number of benzene rings is 1. The molecule has 0 spiro atoms. The van der Waals surface area contributed by atoms with Crippen LogP contribution in [0.15, 0.2) is 21.0 Å². The molecule has 1 heterocycles. The van der Waals surface area contributed by atoms with E-state index in [-0.39, 0.29) is 5.41 Å². The fourth-order valence-electron chi connectivity index (χ4n) is 1.70. The van der Waals surface area contributed by atoms with Crippen LogP contribution in [-0.4, -0.2) is 4.98 Å². The van der Waals surface area contributed by atoms with E-state index >= 15 is 0 Å². The molecule has 1 aromatic carbocycles. The number of halogens is 1. The summed E-state index contributed by atoms with van der Waals surface area (Å²) in [4.78, 5) is 4.52. The van der Waals surface area contributed by atoms with Crippen LogP contribution in [0.5, 0.6) is 0 Å². The number of oxazole rings is 1. The zero-order valence-corrected chi connectivity index (χ0v) is 11.7. The highest BCUT2D eigenvalue weighted by molar-refractivity contribution is 9.10. The van der Waals surface area contributed by atoms with Gasteiger partial charge in [0, 0.05) is 6.42 Å². The normalized spacial score (nSPS) is 12.3. The van der Waals surface area contributed by atoms with Gasteiger partial charge in [0.15, 0.2) is 11.5 Å². The second kappa shape index (κ2) is 3.88. The number of fused-ring (bicyclic) bond motifs is 1. The van der Waals surface area contributed by atoms with Crippen LogP contribution in [0, 0.1) is 12.3 Å². The van der Waals surface area contributed by atoms with Crippen LogP contribution in [0.1, 0.15) is 32.2 Å². The third-order valence-corrected chi connectivity index (χ3v) is 2.90. The molecule has 0 aliphatic carbocycles. The average Bonchev–Trinajstić information content (AvgIpc) is 2.43.